The quantitative estimate of drug-likeness (QED) is 0.631. The molecule has 0 aliphatic carbocycles. The summed E-state index contributed by atoms with van der Waals surface area (Å²) in [7, 11) is -3.72. The summed E-state index contributed by atoms with van der Waals surface area (Å²) in [4.78, 5) is 12.3. The topological polar surface area (TPSA) is 79.0 Å². The molecule has 1 N–H and O–H groups in total. The van der Waals surface area contributed by atoms with Crippen LogP contribution in [0.15, 0.2) is 48.5 Å². The van der Waals surface area contributed by atoms with E-state index in [-0.39, 0.29) is 6.10 Å². The minimum Gasteiger partial charge on any atom is -0.489 e. The number of ether oxygens (including phenoxy) is 1. The van der Waals surface area contributed by atoms with E-state index < -0.39 is 21.2 Å². The molecule has 1 amide bonds. The third kappa shape index (κ3) is 6.19. The number of carbonyl (C=O) groups is 1. The zero-order valence-corrected chi connectivity index (χ0v) is 20.5. The van der Waals surface area contributed by atoms with Gasteiger partial charge in [-0.1, -0.05) is 41.4 Å². The molecule has 0 unspecified atom stereocenters. The van der Waals surface area contributed by atoms with Gasteiger partial charge in [-0.2, -0.15) is 0 Å². The Kier molecular flexibility index (Phi) is 7.81. The number of piperidine rings is 2. The predicted octanol–water partition coefficient (Wildman–Crippen LogP) is 3.98. The Bertz CT molecular complexity index is 1070. The van der Waals surface area contributed by atoms with Crippen molar-refractivity contribution in [2.75, 3.05) is 26.2 Å². The molecule has 0 saturated carbocycles. The number of hydrogen-bond acceptors (Lipinski definition) is 6. The average molecular weight is 512 g/mol. The largest absolute Gasteiger partial charge is 0.489 e. The highest BCUT2D eigenvalue weighted by Crippen LogP contribution is 2.30. The number of rotatable bonds is 6. The van der Waals surface area contributed by atoms with Gasteiger partial charge in [0.25, 0.3) is 5.91 Å². The van der Waals surface area contributed by atoms with Crippen LogP contribution in [-0.4, -0.2) is 61.9 Å². The number of nitrogens with one attached hydrogen (secondary N) is 1. The second-order valence-electron chi connectivity index (χ2n) is 8.34. The third-order valence-corrected chi connectivity index (χ3v) is 8.48. The molecule has 178 valence electrons. The lowest BCUT2D eigenvalue weighted by Gasteiger charge is -2.42. The van der Waals surface area contributed by atoms with Gasteiger partial charge in [0.05, 0.1) is 10.3 Å². The molecule has 10 heteroatoms. The molecule has 2 heterocycles. The Morgan fingerprint density at radius 3 is 2.12 bits per heavy atom. The lowest BCUT2D eigenvalue weighted by atomic mass is 10.1. The van der Waals surface area contributed by atoms with Gasteiger partial charge in [-0.25, -0.2) is 23.2 Å². The number of hydrazine groups is 1. The second kappa shape index (κ2) is 10.6. The Labute approximate surface area is 204 Å². The first-order valence-corrected chi connectivity index (χ1v) is 13.3. The number of benzene rings is 2. The smallest absolute Gasteiger partial charge is 0.264 e. The molecule has 4 rings (SSSR count). The highest BCUT2D eigenvalue weighted by molar-refractivity contribution is 7.90. The molecule has 7 nitrogen and oxygen atoms in total. The van der Waals surface area contributed by atoms with Crippen molar-refractivity contribution in [3.8, 4) is 5.75 Å². The van der Waals surface area contributed by atoms with Crippen LogP contribution in [0.25, 0.3) is 0 Å². The summed E-state index contributed by atoms with van der Waals surface area (Å²) in [6, 6.07) is 13.6. The van der Waals surface area contributed by atoms with Crippen molar-refractivity contribution in [2.45, 2.75) is 37.0 Å². The molecule has 2 fully saturated rings. The van der Waals surface area contributed by atoms with E-state index >= 15 is 0 Å². The molecule has 0 aromatic heterocycles. The van der Waals surface area contributed by atoms with Crippen LogP contribution in [0.4, 0.5) is 0 Å². The summed E-state index contributed by atoms with van der Waals surface area (Å²) in [6.45, 7) is 2.94. The van der Waals surface area contributed by atoms with Crippen LogP contribution in [0.1, 0.15) is 36.0 Å². The van der Waals surface area contributed by atoms with Crippen molar-refractivity contribution in [2.24, 2.45) is 0 Å². The first-order chi connectivity index (χ1) is 15.8. The molecule has 2 aromatic rings. The molecule has 2 saturated heterocycles. The monoisotopic (exact) mass is 511 g/mol. The van der Waals surface area contributed by atoms with Crippen LogP contribution in [0.2, 0.25) is 10.0 Å². The van der Waals surface area contributed by atoms with Gasteiger partial charge < -0.3 is 4.74 Å². The normalized spacial score (nSPS) is 19.3. The number of sulfonamides is 1. The summed E-state index contributed by atoms with van der Waals surface area (Å²) in [5.74, 6) is 0.0592. The van der Waals surface area contributed by atoms with Crippen molar-refractivity contribution < 1.29 is 17.9 Å². The van der Waals surface area contributed by atoms with Gasteiger partial charge in [-0.15, -0.1) is 0 Å². The van der Waals surface area contributed by atoms with Crippen LogP contribution in [-0.2, 0) is 10.0 Å². The number of nitrogens with zero attached hydrogens (tertiary/aromatic N) is 2. The minimum atomic E-state index is -3.72. The van der Waals surface area contributed by atoms with E-state index in [0.29, 0.717) is 47.3 Å². The van der Waals surface area contributed by atoms with E-state index in [1.165, 1.54) is 0 Å². The number of halogens is 2. The highest BCUT2D eigenvalue weighted by Gasteiger charge is 2.34. The van der Waals surface area contributed by atoms with Crippen LogP contribution < -0.4 is 9.46 Å². The summed E-state index contributed by atoms with van der Waals surface area (Å²) >= 11 is 12.2. The Balaban J connectivity index is 1.24. The van der Waals surface area contributed by atoms with Crippen molar-refractivity contribution in [3.63, 3.8) is 0 Å². The van der Waals surface area contributed by atoms with E-state index in [1.807, 2.05) is 0 Å². The first kappa shape index (κ1) is 24.3. The Hall–Kier alpha value is -1.84. The van der Waals surface area contributed by atoms with Crippen molar-refractivity contribution in [3.05, 3.63) is 64.1 Å². The van der Waals surface area contributed by atoms with Crippen molar-refractivity contribution in [1.29, 1.82) is 0 Å². The van der Waals surface area contributed by atoms with Crippen LogP contribution >= 0.6 is 23.2 Å². The summed E-state index contributed by atoms with van der Waals surface area (Å²) in [5.41, 5.74) is 0.337. The van der Waals surface area contributed by atoms with Gasteiger partial charge in [0.2, 0.25) is 10.0 Å². The fourth-order valence-corrected chi connectivity index (χ4v) is 6.12. The predicted molar refractivity (Wildman–Crippen MR) is 129 cm³/mol. The Morgan fingerprint density at radius 2 is 1.52 bits per heavy atom. The van der Waals surface area contributed by atoms with Gasteiger partial charge >= 0.3 is 0 Å². The van der Waals surface area contributed by atoms with E-state index in [9.17, 15) is 13.2 Å². The summed E-state index contributed by atoms with van der Waals surface area (Å²) in [6.07, 6.45) is 2.74. The van der Waals surface area contributed by atoms with Crippen molar-refractivity contribution in [1.82, 2.24) is 14.7 Å². The maximum atomic E-state index is 12.7. The molecular weight excluding hydrogens is 485 g/mol. The van der Waals surface area contributed by atoms with Crippen LogP contribution in [0.3, 0.4) is 0 Å². The zero-order chi connectivity index (χ0) is 23.4. The number of hydrogen-bond donors (Lipinski definition) is 1. The molecule has 2 aliphatic heterocycles. The Morgan fingerprint density at radius 1 is 0.909 bits per heavy atom. The van der Waals surface area contributed by atoms with Gasteiger partial charge in [0.1, 0.15) is 11.9 Å². The average Bonchev–Trinajstić information content (AvgIpc) is 2.82. The van der Waals surface area contributed by atoms with Gasteiger partial charge in [-0.3, -0.25) is 4.79 Å². The third-order valence-electron chi connectivity index (χ3n) is 6.13. The molecule has 0 spiro atoms. The summed E-state index contributed by atoms with van der Waals surface area (Å²) < 4.78 is 33.7. The van der Waals surface area contributed by atoms with Crippen LogP contribution in [0.5, 0.6) is 5.75 Å². The maximum Gasteiger partial charge on any atom is 0.264 e. The fourth-order valence-electron chi connectivity index (χ4n) is 4.29. The molecule has 2 aromatic carbocycles. The standard InChI is InChI=1S/C23H27Cl2N3O4S/c24-18-6-7-22(21(25)16-18)32-19-8-12-27(13-9-19)28-14-10-20(11-15-28)33(30,31)26-23(29)17-4-2-1-3-5-17/h1-7,16,19-20H,8-15H2,(H,26,29). The van der Waals surface area contributed by atoms with E-state index in [2.05, 4.69) is 14.7 Å². The second-order valence-corrected chi connectivity index (χ2v) is 11.1. The lowest BCUT2D eigenvalue weighted by molar-refractivity contribution is -0.0696. The maximum absolute atomic E-state index is 12.7. The van der Waals surface area contributed by atoms with E-state index in [4.69, 9.17) is 27.9 Å². The first-order valence-electron chi connectivity index (χ1n) is 11.0. The SMILES string of the molecule is O=C(NS(=O)(=O)C1CCN(N2CCC(Oc3ccc(Cl)cc3Cl)CC2)CC1)c1ccccc1. The van der Waals surface area contributed by atoms with E-state index in [0.717, 1.165) is 25.9 Å². The van der Waals surface area contributed by atoms with Gasteiger partial charge in [0, 0.05) is 36.8 Å². The fraction of sp³-hybridized carbons (Fsp3) is 0.435. The summed E-state index contributed by atoms with van der Waals surface area (Å²) in [5, 5.41) is 5.00. The molecule has 2 aliphatic rings. The number of amides is 1. The number of carbonyl (C=O) groups excluding carboxylic acids is 1. The molecule has 0 atom stereocenters. The highest BCUT2D eigenvalue weighted by atomic mass is 35.5. The molecule has 0 radical (unpaired) electrons. The molecule has 33 heavy (non-hydrogen) atoms. The molecule has 0 bridgehead atoms. The van der Waals surface area contributed by atoms with Gasteiger partial charge in [0.15, 0.2) is 0 Å². The zero-order valence-electron chi connectivity index (χ0n) is 18.1. The molecular formula is C23H27Cl2N3O4S. The van der Waals surface area contributed by atoms with Crippen LogP contribution in [0, 0.1) is 0 Å². The minimum absolute atomic E-state index is 0.0750. The van der Waals surface area contributed by atoms with Crippen molar-refractivity contribution >= 4 is 39.1 Å². The van der Waals surface area contributed by atoms with Gasteiger partial charge in [-0.05, 0) is 56.0 Å². The lowest BCUT2D eigenvalue weighted by Crippen LogP contribution is -2.54. The van der Waals surface area contributed by atoms with E-state index in [1.54, 1.807) is 48.5 Å².